The second-order valence-electron chi connectivity index (χ2n) is 6.51. The van der Waals surface area contributed by atoms with Gasteiger partial charge in [0.1, 0.15) is 11.9 Å². The maximum atomic E-state index is 11.7. The molecular weight excluding hydrogens is 308 g/mol. The molecule has 0 aliphatic carbocycles. The zero-order valence-corrected chi connectivity index (χ0v) is 14.6. The van der Waals surface area contributed by atoms with Crippen LogP contribution in [-0.2, 0) is 20.9 Å². The SMILES string of the molecule is CC(C)(C)OC(=O)NCc1ccc(NC(=O)CCCCC=O)cc1. The molecule has 0 spiro atoms. The molecule has 1 aromatic carbocycles. The van der Waals surface area contributed by atoms with Gasteiger partial charge in [-0.1, -0.05) is 12.1 Å². The summed E-state index contributed by atoms with van der Waals surface area (Å²) in [6, 6.07) is 7.24. The molecule has 132 valence electrons. The van der Waals surface area contributed by atoms with E-state index in [1.165, 1.54) is 0 Å². The summed E-state index contributed by atoms with van der Waals surface area (Å²) in [5.74, 6) is -0.0690. The van der Waals surface area contributed by atoms with Gasteiger partial charge in [-0.05, 0) is 51.3 Å². The van der Waals surface area contributed by atoms with Crippen molar-refractivity contribution >= 4 is 24.0 Å². The fourth-order valence-corrected chi connectivity index (χ4v) is 1.93. The summed E-state index contributed by atoms with van der Waals surface area (Å²) < 4.78 is 5.16. The number of ether oxygens (including phenoxy) is 1. The number of rotatable bonds is 8. The number of unbranched alkanes of at least 4 members (excludes halogenated alkanes) is 2. The Balaban J connectivity index is 2.36. The Morgan fingerprint density at radius 1 is 1.12 bits per heavy atom. The lowest BCUT2D eigenvalue weighted by Gasteiger charge is -2.19. The molecule has 0 bridgehead atoms. The lowest BCUT2D eigenvalue weighted by molar-refractivity contribution is -0.116. The van der Waals surface area contributed by atoms with Crippen molar-refractivity contribution in [2.75, 3.05) is 5.32 Å². The van der Waals surface area contributed by atoms with E-state index in [1.807, 2.05) is 32.9 Å². The van der Waals surface area contributed by atoms with Crippen LogP contribution in [0.25, 0.3) is 0 Å². The van der Waals surface area contributed by atoms with Crippen LogP contribution < -0.4 is 10.6 Å². The summed E-state index contributed by atoms with van der Waals surface area (Å²) in [6.45, 7) is 5.78. The predicted octanol–water partition coefficient (Wildman–Crippen LogP) is 3.41. The van der Waals surface area contributed by atoms with Gasteiger partial charge in [-0.15, -0.1) is 0 Å². The number of aldehydes is 1. The molecular formula is C18H26N2O4. The number of carbonyl (C=O) groups is 3. The molecule has 0 saturated heterocycles. The van der Waals surface area contributed by atoms with Crippen molar-refractivity contribution in [3.8, 4) is 0 Å². The van der Waals surface area contributed by atoms with Gasteiger partial charge in [-0.2, -0.15) is 0 Å². The third kappa shape index (κ3) is 8.92. The minimum Gasteiger partial charge on any atom is -0.444 e. The smallest absolute Gasteiger partial charge is 0.407 e. The first-order valence-electron chi connectivity index (χ1n) is 8.09. The summed E-state index contributed by atoms with van der Waals surface area (Å²) in [5.41, 5.74) is 1.09. The van der Waals surface area contributed by atoms with Crippen molar-refractivity contribution in [1.29, 1.82) is 0 Å². The van der Waals surface area contributed by atoms with Crippen molar-refractivity contribution in [3.63, 3.8) is 0 Å². The minimum atomic E-state index is -0.524. The monoisotopic (exact) mass is 334 g/mol. The van der Waals surface area contributed by atoms with Crippen LogP contribution in [0, 0.1) is 0 Å². The Morgan fingerprint density at radius 2 is 1.79 bits per heavy atom. The highest BCUT2D eigenvalue weighted by Crippen LogP contribution is 2.11. The average Bonchev–Trinajstić information content (AvgIpc) is 2.49. The van der Waals surface area contributed by atoms with Gasteiger partial charge < -0.3 is 20.2 Å². The molecule has 0 radical (unpaired) electrons. The molecule has 0 atom stereocenters. The normalized spacial score (nSPS) is 10.8. The van der Waals surface area contributed by atoms with Crippen LogP contribution in [0.5, 0.6) is 0 Å². The molecule has 1 aromatic rings. The van der Waals surface area contributed by atoms with Gasteiger partial charge in [0.05, 0.1) is 0 Å². The van der Waals surface area contributed by atoms with Gasteiger partial charge >= 0.3 is 6.09 Å². The fraction of sp³-hybridized carbons (Fsp3) is 0.500. The molecule has 6 nitrogen and oxygen atoms in total. The summed E-state index contributed by atoms with van der Waals surface area (Å²) >= 11 is 0. The van der Waals surface area contributed by atoms with Crippen molar-refractivity contribution in [1.82, 2.24) is 5.32 Å². The molecule has 2 amide bonds. The first-order chi connectivity index (χ1) is 11.3. The average molecular weight is 334 g/mol. The van der Waals surface area contributed by atoms with E-state index in [2.05, 4.69) is 10.6 Å². The lowest BCUT2D eigenvalue weighted by atomic mass is 10.2. The van der Waals surface area contributed by atoms with E-state index in [1.54, 1.807) is 12.1 Å². The summed E-state index contributed by atoms with van der Waals surface area (Å²) in [4.78, 5) is 33.5. The number of hydrogen-bond acceptors (Lipinski definition) is 4. The minimum absolute atomic E-state index is 0.0690. The third-order valence-electron chi connectivity index (χ3n) is 3.05. The molecule has 6 heteroatoms. The van der Waals surface area contributed by atoms with Crippen LogP contribution in [0.3, 0.4) is 0 Å². The summed E-state index contributed by atoms with van der Waals surface area (Å²) in [6.07, 6.45) is 2.72. The number of alkyl carbamates (subject to hydrolysis) is 1. The number of amides is 2. The van der Waals surface area contributed by atoms with Gasteiger partial charge in [0.15, 0.2) is 0 Å². The van der Waals surface area contributed by atoms with Crippen LogP contribution >= 0.6 is 0 Å². The fourth-order valence-electron chi connectivity index (χ4n) is 1.93. The molecule has 0 aliphatic heterocycles. The van der Waals surface area contributed by atoms with Crippen LogP contribution in [0.1, 0.15) is 52.0 Å². The van der Waals surface area contributed by atoms with Gasteiger partial charge in [0.2, 0.25) is 5.91 Å². The number of anilines is 1. The van der Waals surface area contributed by atoms with E-state index >= 15 is 0 Å². The standard InChI is InChI=1S/C18H26N2O4/c1-18(2,3)24-17(23)19-13-14-8-10-15(11-9-14)20-16(22)7-5-4-6-12-21/h8-12H,4-7,13H2,1-3H3,(H,19,23)(H,20,22). The van der Waals surface area contributed by atoms with Crippen molar-refractivity contribution in [2.45, 2.75) is 58.6 Å². The van der Waals surface area contributed by atoms with Crippen LogP contribution in [-0.4, -0.2) is 23.9 Å². The van der Waals surface area contributed by atoms with E-state index in [9.17, 15) is 14.4 Å². The first-order valence-corrected chi connectivity index (χ1v) is 8.09. The van der Waals surface area contributed by atoms with E-state index in [4.69, 9.17) is 4.74 Å². The van der Waals surface area contributed by atoms with Crippen molar-refractivity contribution in [3.05, 3.63) is 29.8 Å². The molecule has 0 fully saturated rings. The molecule has 0 saturated carbocycles. The molecule has 0 aromatic heterocycles. The van der Waals surface area contributed by atoms with Gasteiger partial charge in [-0.25, -0.2) is 4.79 Å². The van der Waals surface area contributed by atoms with E-state index in [0.29, 0.717) is 31.5 Å². The predicted molar refractivity (Wildman–Crippen MR) is 92.7 cm³/mol. The second kappa shape index (κ2) is 9.70. The summed E-state index contributed by atoms with van der Waals surface area (Å²) in [7, 11) is 0. The molecule has 24 heavy (non-hydrogen) atoms. The van der Waals surface area contributed by atoms with Gasteiger partial charge in [0.25, 0.3) is 0 Å². The number of nitrogens with one attached hydrogen (secondary N) is 2. The quantitative estimate of drug-likeness (QED) is 0.563. The zero-order chi connectivity index (χ0) is 18.0. The van der Waals surface area contributed by atoms with Crippen LogP contribution in [0.2, 0.25) is 0 Å². The van der Waals surface area contributed by atoms with Crippen LogP contribution in [0.15, 0.2) is 24.3 Å². The number of carbonyl (C=O) groups excluding carboxylic acids is 3. The van der Waals surface area contributed by atoms with Crippen molar-refractivity contribution < 1.29 is 19.1 Å². The molecule has 0 unspecified atom stereocenters. The Kier molecular flexibility index (Phi) is 7.95. The van der Waals surface area contributed by atoms with E-state index in [-0.39, 0.29) is 5.91 Å². The molecule has 0 heterocycles. The van der Waals surface area contributed by atoms with E-state index in [0.717, 1.165) is 18.3 Å². The largest absolute Gasteiger partial charge is 0.444 e. The zero-order valence-electron chi connectivity index (χ0n) is 14.6. The Hall–Kier alpha value is -2.37. The van der Waals surface area contributed by atoms with Crippen LogP contribution in [0.4, 0.5) is 10.5 Å². The Labute approximate surface area is 143 Å². The molecule has 0 aliphatic rings. The highest BCUT2D eigenvalue weighted by molar-refractivity contribution is 5.90. The maximum absolute atomic E-state index is 11.7. The van der Waals surface area contributed by atoms with E-state index < -0.39 is 11.7 Å². The topological polar surface area (TPSA) is 84.5 Å². The Bertz CT molecular complexity index is 547. The van der Waals surface area contributed by atoms with Gasteiger partial charge in [-0.3, -0.25) is 4.79 Å². The second-order valence-corrected chi connectivity index (χ2v) is 6.51. The lowest BCUT2D eigenvalue weighted by Crippen LogP contribution is -2.32. The maximum Gasteiger partial charge on any atom is 0.407 e. The highest BCUT2D eigenvalue weighted by atomic mass is 16.6. The summed E-state index contributed by atoms with van der Waals surface area (Å²) in [5, 5.41) is 5.48. The van der Waals surface area contributed by atoms with Gasteiger partial charge in [0, 0.05) is 25.1 Å². The molecule has 1 rings (SSSR count). The first kappa shape index (κ1) is 19.7. The highest BCUT2D eigenvalue weighted by Gasteiger charge is 2.15. The number of benzene rings is 1. The number of hydrogen-bond donors (Lipinski definition) is 2. The van der Waals surface area contributed by atoms with Crippen molar-refractivity contribution in [2.24, 2.45) is 0 Å². The Morgan fingerprint density at radius 3 is 2.38 bits per heavy atom. The third-order valence-corrected chi connectivity index (χ3v) is 3.05. The molecule has 2 N–H and O–H groups in total.